The summed E-state index contributed by atoms with van der Waals surface area (Å²) in [7, 11) is 0. The lowest BCUT2D eigenvalue weighted by Gasteiger charge is -2.09. The number of hydrogen-bond acceptors (Lipinski definition) is 0. The Balaban J connectivity index is 2.55. The predicted molar refractivity (Wildman–Crippen MR) is 46.1 cm³/mol. The summed E-state index contributed by atoms with van der Waals surface area (Å²) in [6, 6.07) is 1.40. The van der Waals surface area contributed by atoms with Crippen LogP contribution in [0.3, 0.4) is 0 Å². The Bertz CT molecular complexity index is 425. The van der Waals surface area contributed by atoms with Crippen molar-refractivity contribution in [2.75, 3.05) is 0 Å². The maximum Gasteiger partial charge on any atom is 0.161 e. The van der Waals surface area contributed by atoms with Gasteiger partial charge in [-0.1, -0.05) is 5.92 Å². The molecular formula is C11H7F3. The van der Waals surface area contributed by atoms with E-state index in [9.17, 15) is 13.2 Å². The van der Waals surface area contributed by atoms with Crippen LogP contribution in [0.2, 0.25) is 0 Å². The molecule has 0 N–H and O–H groups in total. The first kappa shape index (κ1) is 9.14. The molecule has 0 radical (unpaired) electrons. The summed E-state index contributed by atoms with van der Waals surface area (Å²) in [4.78, 5) is 0. The van der Waals surface area contributed by atoms with Gasteiger partial charge in [-0.2, -0.15) is 0 Å². The molecule has 1 fully saturated rings. The van der Waals surface area contributed by atoms with Crippen molar-refractivity contribution in [1.29, 1.82) is 0 Å². The second kappa shape index (κ2) is 2.78. The molecule has 0 heterocycles. The second-order valence-corrected chi connectivity index (χ2v) is 3.47. The molecule has 72 valence electrons. The van der Waals surface area contributed by atoms with Gasteiger partial charge < -0.3 is 0 Å². The van der Waals surface area contributed by atoms with E-state index in [2.05, 4.69) is 5.92 Å². The molecule has 14 heavy (non-hydrogen) atoms. The maximum absolute atomic E-state index is 13.3. The fourth-order valence-electron chi connectivity index (χ4n) is 1.51. The average molecular weight is 196 g/mol. The molecule has 0 nitrogen and oxygen atoms in total. The van der Waals surface area contributed by atoms with E-state index >= 15 is 0 Å². The van der Waals surface area contributed by atoms with Crippen LogP contribution < -0.4 is 0 Å². The van der Waals surface area contributed by atoms with Crippen LogP contribution in [0.5, 0.6) is 0 Å². The first-order valence-electron chi connectivity index (χ1n) is 4.22. The minimum absolute atomic E-state index is 0.0962. The van der Waals surface area contributed by atoms with Crippen LogP contribution in [-0.2, 0) is 5.41 Å². The highest BCUT2D eigenvalue weighted by atomic mass is 19.2. The SMILES string of the molecule is C#CC1(c2cc(F)c(F)cc2F)CC1. The van der Waals surface area contributed by atoms with Crippen LogP contribution in [0.25, 0.3) is 0 Å². The largest absolute Gasteiger partial charge is 0.207 e. The van der Waals surface area contributed by atoms with Gasteiger partial charge in [0, 0.05) is 11.6 Å². The van der Waals surface area contributed by atoms with Gasteiger partial charge in [0.05, 0.1) is 5.41 Å². The normalized spacial score (nSPS) is 17.6. The highest BCUT2D eigenvalue weighted by Crippen LogP contribution is 2.48. The van der Waals surface area contributed by atoms with Gasteiger partial charge in [-0.25, -0.2) is 13.2 Å². The van der Waals surface area contributed by atoms with Gasteiger partial charge in [0.1, 0.15) is 5.82 Å². The van der Waals surface area contributed by atoms with Crippen molar-refractivity contribution in [3.8, 4) is 12.3 Å². The molecule has 1 aliphatic rings. The summed E-state index contributed by atoms with van der Waals surface area (Å²) < 4.78 is 38.7. The Morgan fingerprint density at radius 2 is 1.64 bits per heavy atom. The molecule has 0 bridgehead atoms. The lowest BCUT2D eigenvalue weighted by molar-refractivity contribution is 0.487. The van der Waals surface area contributed by atoms with Gasteiger partial charge in [0.25, 0.3) is 0 Å². The van der Waals surface area contributed by atoms with Crippen molar-refractivity contribution in [2.24, 2.45) is 0 Å². The minimum Gasteiger partial charge on any atom is -0.207 e. The van der Waals surface area contributed by atoms with E-state index in [1.54, 1.807) is 0 Å². The van der Waals surface area contributed by atoms with Crippen LogP contribution >= 0.6 is 0 Å². The summed E-state index contributed by atoms with van der Waals surface area (Å²) in [5.41, 5.74) is -0.600. The van der Waals surface area contributed by atoms with Crippen LogP contribution in [0.15, 0.2) is 12.1 Å². The molecule has 0 atom stereocenters. The van der Waals surface area contributed by atoms with E-state index < -0.39 is 22.9 Å². The van der Waals surface area contributed by atoms with Crippen molar-refractivity contribution < 1.29 is 13.2 Å². The molecule has 1 aromatic carbocycles. The first-order chi connectivity index (χ1) is 6.59. The number of rotatable bonds is 1. The third-order valence-corrected chi connectivity index (χ3v) is 2.55. The zero-order valence-electron chi connectivity index (χ0n) is 7.28. The topological polar surface area (TPSA) is 0 Å². The fraction of sp³-hybridized carbons (Fsp3) is 0.273. The first-order valence-corrected chi connectivity index (χ1v) is 4.22. The summed E-state index contributed by atoms with van der Waals surface area (Å²) in [6.45, 7) is 0. The monoisotopic (exact) mass is 196 g/mol. The van der Waals surface area contributed by atoms with Crippen molar-refractivity contribution in [1.82, 2.24) is 0 Å². The molecular weight excluding hydrogens is 189 g/mol. The fourth-order valence-corrected chi connectivity index (χ4v) is 1.51. The third-order valence-electron chi connectivity index (χ3n) is 2.55. The van der Waals surface area contributed by atoms with Gasteiger partial charge >= 0.3 is 0 Å². The number of benzene rings is 1. The quantitative estimate of drug-likeness (QED) is 0.478. The number of halogens is 3. The Kier molecular flexibility index (Phi) is 1.81. The molecule has 0 amide bonds. The standard InChI is InChI=1S/C11H7F3/c1-2-11(3-4-11)7-5-9(13)10(14)6-8(7)12/h1,5-6H,3-4H2. The molecule has 1 aromatic rings. The molecule has 0 saturated heterocycles. The number of hydrogen-bond donors (Lipinski definition) is 0. The van der Waals surface area contributed by atoms with Gasteiger partial charge in [-0.15, -0.1) is 6.42 Å². The Hall–Kier alpha value is -1.43. The highest BCUT2D eigenvalue weighted by molar-refractivity contribution is 5.41. The zero-order chi connectivity index (χ0) is 10.3. The molecule has 0 aromatic heterocycles. The Labute approximate surface area is 79.7 Å². The van der Waals surface area contributed by atoms with Crippen LogP contribution in [-0.4, -0.2) is 0 Å². The van der Waals surface area contributed by atoms with Gasteiger partial charge in [-0.3, -0.25) is 0 Å². The van der Waals surface area contributed by atoms with Crippen molar-refractivity contribution >= 4 is 0 Å². The van der Waals surface area contributed by atoms with Crippen molar-refractivity contribution in [2.45, 2.75) is 18.3 Å². The second-order valence-electron chi connectivity index (χ2n) is 3.47. The van der Waals surface area contributed by atoms with Crippen molar-refractivity contribution in [3.63, 3.8) is 0 Å². The van der Waals surface area contributed by atoms with Crippen LogP contribution in [0.4, 0.5) is 13.2 Å². The van der Waals surface area contributed by atoms with E-state index in [0.717, 1.165) is 6.07 Å². The lowest BCUT2D eigenvalue weighted by atomic mass is 9.96. The molecule has 1 aliphatic carbocycles. The molecule has 1 saturated carbocycles. The molecule has 3 heteroatoms. The molecule has 0 spiro atoms. The Morgan fingerprint density at radius 1 is 1.07 bits per heavy atom. The van der Waals surface area contributed by atoms with E-state index in [1.165, 1.54) is 0 Å². The summed E-state index contributed by atoms with van der Waals surface area (Å²) >= 11 is 0. The van der Waals surface area contributed by atoms with Crippen molar-refractivity contribution in [3.05, 3.63) is 35.1 Å². The summed E-state index contributed by atoms with van der Waals surface area (Å²) in [5.74, 6) is -0.572. The third kappa shape index (κ3) is 1.19. The highest BCUT2D eigenvalue weighted by Gasteiger charge is 2.45. The minimum atomic E-state index is -1.18. The van der Waals surface area contributed by atoms with E-state index in [-0.39, 0.29) is 5.56 Å². The lowest BCUT2D eigenvalue weighted by Crippen LogP contribution is -2.07. The van der Waals surface area contributed by atoms with Crippen LogP contribution in [0, 0.1) is 29.8 Å². The van der Waals surface area contributed by atoms with E-state index in [4.69, 9.17) is 6.42 Å². The predicted octanol–water partition coefficient (Wildman–Crippen LogP) is 2.77. The smallest absolute Gasteiger partial charge is 0.161 e. The molecule has 0 unspecified atom stereocenters. The zero-order valence-corrected chi connectivity index (χ0v) is 7.28. The van der Waals surface area contributed by atoms with Gasteiger partial charge in [0.2, 0.25) is 0 Å². The molecule has 2 rings (SSSR count). The molecule has 0 aliphatic heterocycles. The number of terminal acetylenes is 1. The van der Waals surface area contributed by atoms with E-state index in [1.807, 2.05) is 0 Å². The van der Waals surface area contributed by atoms with E-state index in [0.29, 0.717) is 18.9 Å². The Morgan fingerprint density at radius 3 is 2.14 bits per heavy atom. The summed E-state index contributed by atoms with van der Waals surface area (Å²) in [6.07, 6.45) is 6.49. The summed E-state index contributed by atoms with van der Waals surface area (Å²) in [5, 5.41) is 0. The average Bonchev–Trinajstić information content (AvgIpc) is 2.92. The van der Waals surface area contributed by atoms with Crippen LogP contribution in [0.1, 0.15) is 18.4 Å². The van der Waals surface area contributed by atoms with Gasteiger partial charge in [0.15, 0.2) is 11.6 Å². The maximum atomic E-state index is 13.3. The van der Waals surface area contributed by atoms with Gasteiger partial charge in [-0.05, 0) is 18.9 Å².